The van der Waals surface area contributed by atoms with Crippen LogP contribution in [0.25, 0.3) is 0 Å². The van der Waals surface area contributed by atoms with Gasteiger partial charge in [-0.1, -0.05) is 27.5 Å². The summed E-state index contributed by atoms with van der Waals surface area (Å²) in [6.07, 6.45) is 1.88. The number of aromatic nitrogens is 2. The van der Waals surface area contributed by atoms with Gasteiger partial charge < -0.3 is 10.6 Å². The molecule has 0 amide bonds. The van der Waals surface area contributed by atoms with Gasteiger partial charge in [0.05, 0.1) is 22.9 Å². The average molecular weight is 402 g/mol. The molecule has 1 unspecified atom stereocenters. The first-order valence-corrected chi connectivity index (χ1v) is 8.55. The fraction of sp³-hybridized carbons (Fsp3) is 0.333. The summed E-state index contributed by atoms with van der Waals surface area (Å²) in [6.45, 7) is 7.05. The van der Waals surface area contributed by atoms with E-state index in [4.69, 9.17) is 23.8 Å². The fourth-order valence-electron chi connectivity index (χ4n) is 2.23. The zero-order valence-electron chi connectivity index (χ0n) is 12.7. The van der Waals surface area contributed by atoms with Crippen molar-refractivity contribution >= 4 is 50.5 Å². The highest BCUT2D eigenvalue weighted by Crippen LogP contribution is 2.26. The molecule has 2 N–H and O–H groups in total. The maximum absolute atomic E-state index is 6.18. The number of halogens is 2. The molecule has 0 radical (unpaired) electrons. The summed E-state index contributed by atoms with van der Waals surface area (Å²) in [4.78, 5) is 0. The van der Waals surface area contributed by atoms with Crippen LogP contribution in [0, 0.1) is 6.92 Å². The Morgan fingerprint density at radius 2 is 2.23 bits per heavy atom. The molecule has 22 heavy (non-hydrogen) atoms. The van der Waals surface area contributed by atoms with Crippen LogP contribution in [0.2, 0.25) is 5.02 Å². The van der Waals surface area contributed by atoms with Gasteiger partial charge in [0.2, 0.25) is 0 Å². The maximum atomic E-state index is 6.18. The van der Waals surface area contributed by atoms with Crippen LogP contribution in [-0.4, -0.2) is 14.9 Å². The third kappa shape index (κ3) is 4.00. The number of thiocarbonyl (C=S) groups is 1. The summed E-state index contributed by atoms with van der Waals surface area (Å²) < 4.78 is 2.90. The van der Waals surface area contributed by atoms with Crippen molar-refractivity contribution in [2.24, 2.45) is 0 Å². The van der Waals surface area contributed by atoms with Crippen molar-refractivity contribution in [1.82, 2.24) is 15.1 Å². The molecule has 2 rings (SSSR count). The summed E-state index contributed by atoms with van der Waals surface area (Å²) in [5.41, 5.74) is 3.05. The van der Waals surface area contributed by atoms with Crippen molar-refractivity contribution in [2.45, 2.75) is 33.4 Å². The molecular formula is C15H18BrClN4S. The molecule has 4 nitrogen and oxygen atoms in total. The van der Waals surface area contributed by atoms with E-state index in [1.165, 1.54) is 0 Å². The smallest absolute Gasteiger partial charge is 0.171 e. The third-order valence-electron chi connectivity index (χ3n) is 3.43. The van der Waals surface area contributed by atoms with Gasteiger partial charge in [-0.15, -0.1) is 0 Å². The van der Waals surface area contributed by atoms with E-state index in [9.17, 15) is 0 Å². The molecule has 0 spiro atoms. The Balaban J connectivity index is 2.03. The molecule has 0 aliphatic carbocycles. The van der Waals surface area contributed by atoms with Crippen LogP contribution in [0.3, 0.4) is 0 Å². The molecule has 1 atom stereocenters. The van der Waals surface area contributed by atoms with Gasteiger partial charge in [-0.3, -0.25) is 4.68 Å². The molecule has 1 aromatic heterocycles. The maximum Gasteiger partial charge on any atom is 0.171 e. The molecule has 0 fully saturated rings. The Kier molecular flexibility index (Phi) is 5.83. The van der Waals surface area contributed by atoms with E-state index in [0.717, 1.165) is 28.0 Å². The van der Waals surface area contributed by atoms with E-state index >= 15 is 0 Å². The van der Waals surface area contributed by atoms with Crippen LogP contribution in [0.4, 0.5) is 5.69 Å². The van der Waals surface area contributed by atoms with Crippen LogP contribution < -0.4 is 10.6 Å². The number of aryl methyl sites for hydroxylation is 1. The molecule has 0 aliphatic heterocycles. The second kappa shape index (κ2) is 7.44. The minimum absolute atomic E-state index is 0.0644. The quantitative estimate of drug-likeness (QED) is 0.730. The summed E-state index contributed by atoms with van der Waals surface area (Å²) >= 11 is 14.9. The van der Waals surface area contributed by atoms with Gasteiger partial charge in [0.1, 0.15) is 0 Å². The molecule has 0 saturated heterocycles. The number of hydrogen-bond acceptors (Lipinski definition) is 2. The van der Waals surface area contributed by atoms with E-state index < -0.39 is 0 Å². The van der Waals surface area contributed by atoms with Crippen molar-refractivity contribution in [3.8, 4) is 0 Å². The predicted octanol–water partition coefficient (Wildman–Crippen LogP) is 4.67. The number of benzene rings is 1. The van der Waals surface area contributed by atoms with Crippen molar-refractivity contribution < 1.29 is 0 Å². The van der Waals surface area contributed by atoms with Crippen LogP contribution in [0.5, 0.6) is 0 Å². The summed E-state index contributed by atoms with van der Waals surface area (Å²) in [6, 6.07) is 5.68. The third-order valence-corrected chi connectivity index (χ3v) is 4.46. The Bertz CT molecular complexity index is 686. The molecule has 118 valence electrons. The topological polar surface area (TPSA) is 41.9 Å². The monoisotopic (exact) mass is 400 g/mol. The molecule has 2 aromatic rings. The zero-order valence-corrected chi connectivity index (χ0v) is 15.8. The van der Waals surface area contributed by atoms with Crippen LogP contribution in [0.1, 0.15) is 31.1 Å². The molecule has 1 heterocycles. The molecule has 0 bridgehead atoms. The Hall–Kier alpha value is -1.11. The van der Waals surface area contributed by atoms with Gasteiger partial charge in [-0.05, 0) is 51.2 Å². The first-order chi connectivity index (χ1) is 10.4. The van der Waals surface area contributed by atoms with Gasteiger partial charge in [0, 0.05) is 22.3 Å². The second-order valence-corrected chi connectivity index (χ2v) is 6.68. The predicted molar refractivity (Wildman–Crippen MR) is 99.6 cm³/mol. The van der Waals surface area contributed by atoms with Gasteiger partial charge in [0.15, 0.2) is 5.11 Å². The lowest BCUT2D eigenvalue weighted by molar-refractivity contribution is 0.633. The Morgan fingerprint density at radius 3 is 2.82 bits per heavy atom. The first-order valence-electron chi connectivity index (χ1n) is 6.97. The highest BCUT2D eigenvalue weighted by molar-refractivity contribution is 9.10. The minimum Gasteiger partial charge on any atom is -0.356 e. The lowest BCUT2D eigenvalue weighted by Crippen LogP contribution is -2.31. The van der Waals surface area contributed by atoms with E-state index in [0.29, 0.717) is 10.1 Å². The lowest BCUT2D eigenvalue weighted by Gasteiger charge is -2.17. The molecule has 7 heteroatoms. The number of hydrogen-bond donors (Lipinski definition) is 2. The van der Waals surface area contributed by atoms with Crippen LogP contribution >= 0.6 is 39.7 Å². The van der Waals surface area contributed by atoms with E-state index in [1.54, 1.807) is 0 Å². The highest BCUT2D eigenvalue weighted by Gasteiger charge is 2.14. The Labute approximate surface area is 149 Å². The fourth-order valence-corrected chi connectivity index (χ4v) is 3.24. The van der Waals surface area contributed by atoms with Crippen molar-refractivity contribution in [2.75, 3.05) is 5.32 Å². The SMILES string of the molecule is CCn1ncc(C(C)NC(=S)Nc2ccc(Br)cc2Cl)c1C. The van der Waals surface area contributed by atoms with Gasteiger partial charge in [-0.2, -0.15) is 5.10 Å². The largest absolute Gasteiger partial charge is 0.356 e. The lowest BCUT2D eigenvalue weighted by atomic mass is 10.1. The van der Waals surface area contributed by atoms with E-state index in [-0.39, 0.29) is 6.04 Å². The summed E-state index contributed by atoms with van der Waals surface area (Å²) in [7, 11) is 0. The van der Waals surface area contributed by atoms with Crippen molar-refractivity contribution in [3.63, 3.8) is 0 Å². The van der Waals surface area contributed by atoms with Crippen molar-refractivity contribution in [3.05, 3.63) is 45.1 Å². The Morgan fingerprint density at radius 1 is 1.50 bits per heavy atom. The molecule has 0 aliphatic rings. The van der Waals surface area contributed by atoms with E-state index in [1.807, 2.05) is 29.1 Å². The van der Waals surface area contributed by atoms with Crippen LogP contribution in [0.15, 0.2) is 28.9 Å². The number of anilines is 1. The second-order valence-electron chi connectivity index (χ2n) is 4.95. The molecular weight excluding hydrogens is 384 g/mol. The normalized spacial score (nSPS) is 12.0. The number of nitrogens with zero attached hydrogens (tertiary/aromatic N) is 2. The minimum atomic E-state index is 0.0644. The molecule has 0 saturated carbocycles. The van der Waals surface area contributed by atoms with Crippen molar-refractivity contribution in [1.29, 1.82) is 0 Å². The standard InChI is InChI=1S/C15H18BrClN4S/c1-4-21-10(3)12(8-18-21)9(2)19-15(22)20-14-6-5-11(16)7-13(14)17/h5-9H,4H2,1-3H3,(H2,19,20,22). The summed E-state index contributed by atoms with van der Waals surface area (Å²) in [5.74, 6) is 0. The highest BCUT2D eigenvalue weighted by atomic mass is 79.9. The van der Waals surface area contributed by atoms with Gasteiger partial charge in [-0.25, -0.2) is 0 Å². The van der Waals surface area contributed by atoms with E-state index in [2.05, 4.69) is 52.4 Å². The average Bonchev–Trinajstić information content (AvgIpc) is 2.83. The summed E-state index contributed by atoms with van der Waals surface area (Å²) in [5, 5.41) is 11.9. The zero-order chi connectivity index (χ0) is 16.3. The molecule has 1 aromatic carbocycles. The first kappa shape index (κ1) is 17.2. The van der Waals surface area contributed by atoms with Gasteiger partial charge in [0.25, 0.3) is 0 Å². The number of rotatable bonds is 4. The number of nitrogens with one attached hydrogen (secondary N) is 2. The van der Waals surface area contributed by atoms with Gasteiger partial charge >= 0.3 is 0 Å². The van der Waals surface area contributed by atoms with Crippen LogP contribution in [-0.2, 0) is 6.54 Å².